The molecule has 1 heterocycles. The van der Waals surface area contributed by atoms with E-state index in [1.807, 2.05) is 0 Å². The molecule has 0 aromatic rings. The molecule has 6 heteroatoms. The summed E-state index contributed by atoms with van der Waals surface area (Å²) in [6.45, 7) is 8.51. The van der Waals surface area contributed by atoms with Crippen LogP contribution >= 0.6 is 0 Å². The van der Waals surface area contributed by atoms with Crippen LogP contribution in [0.1, 0.15) is 13.8 Å². The molecule has 0 spiro atoms. The zero-order valence-corrected chi connectivity index (χ0v) is 10.5. The monoisotopic (exact) mass is 243 g/mol. The zero-order chi connectivity index (χ0) is 12.8. The van der Waals surface area contributed by atoms with Crippen LogP contribution in [0.25, 0.3) is 0 Å². The fraction of sp³-hybridized carbons (Fsp3) is 0.818. The highest BCUT2D eigenvalue weighted by Crippen LogP contribution is 2.02. The summed E-state index contributed by atoms with van der Waals surface area (Å²) in [6, 6.07) is -0.805. The third-order valence-electron chi connectivity index (χ3n) is 3.03. The van der Waals surface area contributed by atoms with Crippen molar-refractivity contribution in [3.8, 4) is 0 Å². The number of likely N-dealkylation sites (N-methyl/N-ethyl adjacent to an activating group) is 1. The first-order valence-electron chi connectivity index (χ1n) is 5.97. The molecule has 0 aromatic carbocycles. The van der Waals surface area contributed by atoms with E-state index in [1.54, 1.807) is 0 Å². The number of nitrogens with zero attached hydrogens (tertiary/aromatic N) is 2. The molecule has 6 nitrogen and oxygen atoms in total. The van der Waals surface area contributed by atoms with Gasteiger partial charge in [0.25, 0.3) is 0 Å². The summed E-state index contributed by atoms with van der Waals surface area (Å²) < 4.78 is 0. The first-order valence-corrected chi connectivity index (χ1v) is 5.97. The molecule has 17 heavy (non-hydrogen) atoms. The lowest BCUT2D eigenvalue weighted by atomic mass is 10.2. The van der Waals surface area contributed by atoms with Gasteiger partial charge in [-0.2, -0.15) is 0 Å². The van der Waals surface area contributed by atoms with E-state index in [4.69, 9.17) is 5.11 Å². The summed E-state index contributed by atoms with van der Waals surface area (Å²) in [6.07, 6.45) is 0. The number of hydrogen-bond acceptors (Lipinski definition) is 4. The van der Waals surface area contributed by atoms with Crippen molar-refractivity contribution in [3.63, 3.8) is 0 Å². The van der Waals surface area contributed by atoms with Crippen LogP contribution in [-0.4, -0.2) is 72.1 Å². The lowest BCUT2D eigenvalue weighted by Gasteiger charge is -2.35. The highest BCUT2D eigenvalue weighted by molar-refractivity contribution is 5.82. The number of aliphatic carboxylic acids is 1. The summed E-state index contributed by atoms with van der Waals surface area (Å²) in [7, 11) is 0. The van der Waals surface area contributed by atoms with Crippen molar-refractivity contribution in [2.45, 2.75) is 19.9 Å². The maximum atomic E-state index is 11.0. The maximum absolute atomic E-state index is 11.0. The van der Waals surface area contributed by atoms with Crippen molar-refractivity contribution in [2.24, 2.45) is 0 Å². The van der Waals surface area contributed by atoms with Crippen molar-refractivity contribution in [3.05, 3.63) is 0 Å². The predicted molar refractivity (Wildman–Crippen MR) is 63.8 cm³/mol. The van der Waals surface area contributed by atoms with Crippen molar-refractivity contribution in [2.75, 3.05) is 39.3 Å². The fourth-order valence-electron chi connectivity index (χ4n) is 1.98. The summed E-state index contributed by atoms with van der Waals surface area (Å²) in [4.78, 5) is 26.3. The second-order valence-electron chi connectivity index (χ2n) is 4.33. The first kappa shape index (κ1) is 13.9. The molecule has 2 N–H and O–H groups in total. The van der Waals surface area contributed by atoms with E-state index < -0.39 is 12.0 Å². The Labute approximate surface area is 102 Å². The molecule has 0 aromatic heterocycles. The third-order valence-corrected chi connectivity index (χ3v) is 3.03. The van der Waals surface area contributed by atoms with Gasteiger partial charge < -0.3 is 15.3 Å². The average Bonchev–Trinajstić information content (AvgIpc) is 2.28. The summed E-state index contributed by atoms with van der Waals surface area (Å²) in [5.74, 6) is -1.28. The number of carbonyl (C=O) groups excluding carboxylic acids is 1. The van der Waals surface area contributed by atoms with E-state index in [0.717, 1.165) is 32.7 Å². The second-order valence-corrected chi connectivity index (χ2v) is 4.33. The number of hydrogen-bond donors (Lipinski definition) is 2. The Hall–Kier alpha value is -1.14. The Kier molecular flexibility index (Phi) is 5.37. The number of piperazine rings is 1. The molecule has 0 bridgehead atoms. The van der Waals surface area contributed by atoms with E-state index >= 15 is 0 Å². The molecule has 1 aliphatic heterocycles. The van der Waals surface area contributed by atoms with Crippen LogP contribution in [0.4, 0.5) is 0 Å². The summed E-state index contributed by atoms with van der Waals surface area (Å²) >= 11 is 0. The number of nitrogens with one attached hydrogen (secondary N) is 1. The van der Waals surface area contributed by atoms with Crippen LogP contribution in [0.3, 0.4) is 0 Å². The molecule has 1 unspecified atom stereocenters. The van der Waals surface area contributed by atoms with Crippen molar-refractivity contribution in [1.82, 2.24) is 15.1 Å². The van der Waals surface area contributed by atoms with Crippen LogP contribution in [0.5, 0.6) is 0 Å². The third kappa shape index (κ3) is 4.70. The SMILES string of the molecule is CCN1CCN(CC(NC(C)=O)C(=O)O)CC1. The van der Waals surface area contributed by atoms with Crippen molar-refractivity contribution >= 4 is 11.9 Å². The molecule has 1 atom stereocenters. The summed E-state index contributed by atoms with van der Waals surface area (Å²) in [5.41, 5.74) is 0. The number of carboxylic acids is 1. The number of carbonyl (C=O) groups is 2. The zero-order valence-electron chi connectivity index (χ0n) is 10.5. The molecule has 0 radical (unpaired) electrons. The molecular formula is C11H21N3O3. The minimum absolute atomic E-state index is 0.301. The number of rotatable bonds is 5. The van der Waals surface area contributed by atoms with Gasteiger partial charge in [-0.3, -0.25) is 9.69 Å². The first-order chi connectivity index (χ1) is 8.02. The Morgan fingerprint density at radius 3 is 2.18 bits per heavy atom. The van der Waals surface area contributed by atoms with Gasteiger partial charge in [0, 0.05) is 39.6 Å². The van der Waals surface area contributed by atoms with Crippen LogP contribution in [0, 0.1) is 0 Å². The van der Waals surface area contributed by atoms with Gasteiger partial charge in [0.2, 0.25) is 5.91 Å². The standard InChI is InChI=1S/C11H21N3O3/c1-3-13-4-6-14(7-5-13)8-10(11(16)17)12-9(2)15/h10H,3-8H2,1-2H3,(H,12,15)(H,16,17). The van der Waals surface area contributed by atoms with Crippen LogP contribution < -0.4 is 5.32 Å². The Bertz CT molecular complexity index is 275. The Morgan fingerprint density at radius 2 is 1.76 bits per heavy atom. The highest BCUT2D eigenvalue weighted by Gasteiger charge is 2.24. The molecule has 1 aliphatic rings. The normalized spacial score (nSPS) is 19.9. The largest absolute Gasteiger partial charge is 0.480 e. The Balaban J connectivity index is 2.40. The van der Waals surface area contributed by atoms with Crippen molar-refractivity contribution in [1.29, 1.82) is 0 Å². The van der Waals surface area contributed by atoms with Gasteiger partial charge in [-0.1, -0.05) is 6.92 Å². The van der Waals surface area contributed by atoms with Gasteiger partial charge in [-0.25, -0.2) is 4.79 Å². The van der Waals surface area contributed by atoms with Gasteiger partial charge in [-0.05, 0) is 6.54 Å². The quantitative estimate of drug-likeness (QED) is 0.662. The molecule has 1 fully saturated rings. The molecule has 1 saturated heterocycles. The van der Waals surface area contributed by atoms with E-state index in [2.05, 4.69) is 22.0 Å². The predicted octanol–water partition coefficient (Wildman–Crippen LogP) is -0.787. The summed E-state index contributed by atoms with van der Waals surface area (Å²) in [5, 5.41) is 11.5. The van der Waals surface area contributed by atoms with Gasteiger partial charge in [-0.15, -0.1) is 0 Å². The van der Waals surface area contributed by atoms with E-state index in [9.17, 15) is 9.59 Å². The van der Waals surface area contributed by atoms with E-state index in [-0.39, 0.29) is 5.91 Å². The fourth-order valence-corrected chi connectivity index (χ4v) is 1.98. The smallest absolute Gasteiger partial charge is 0.327 e. The van der Waals surface area contributed by atoms with E-state index in [0.29, 0.717) is 6.54 Å². The molecule has 98 valence electrons. The highest BCUT2D eigenvalue weighted by atomic mass is 16.4. The Morgan fingerprint density at radius 1 is 1.24 bits per heavy atom. The lowest BCUT2D eigenvalue weighted by Crippen LogP contribution is -2.53. The van der Waals surface area contributed by atoms with Crippen molar-refractivity contribution < 1.29 is 14.7 Å². The number of amides is 1. The van der Waals surface area contributed by atoms with Gasteiger partial charge in [0.15, 0.2) is 0 Å². The van der Waals surface area contributed by atoms with Crippen LogP contribution in [-0.2, 0) is 9.59 Å². The van der Waals surface area contributed by atoms with Crippen LogP contribution in [0.2, 0.25) is 0 Å². The van der Waals surface area contributed by atoms with Gasteiger partial charge in [0.1, 0.15) is 6.04 Å². The minimum atomic E-state index is -0.974. The molecular weight excluding hydrogens is 222 g/mol. The van der Waals surface area contributed by atoms with Gasteiger partial charge >= 0.3 is 5.97 Å². The van der Waals surface area contributed by atoms with Crippen LogP contribution in [0.15, 0.2) is 0 Å². The minimum Gasteiger partial charge on any atom is -0.480 e. The van der Waals surface area contributed by atoms with Gasteiger partial charge in [0.05, 0.1) is 0 Å². The molecule has 1 amide bonds. The average molecular weight is 243 g/mol. The molecule has 0 saturated carbocycles. The lowest BCUT2D eigenvalue weighted by molar-refractivity contribution is -0.142. The molecule has 0 aliphatic carbocycles. The molecule has 1 rings (SSSR count). The van der Waals surface area contributed by atoms with E-state index in [1.165, 1.54) is 6.92 Å². The topological polar surface area (TPSA) is 72.9 Å². The number of carboxylic acid groups (broad SMARTS) is 1. The maximum Gasteiger partial charge on any atom is 0.327 e. The second kappa shape index (κ2) is 6.56.